The van der Waals surface area contributed by atoms with Crippen LogP contribution in [0.1, 0.15) is 12.8 Å². The Bertz CT molecular complexity index is 238. The average Bonchev–Trinajstić information content (AvgIpc) is 1.82. The predicted octanol–water partition coefficient (Wildman–Crippen LogP) is -3.08. The molecule has 0 rings (SSSR count). The van der Waals surface area contributed by atoms with E-state index in [0.717, 1.165) is 0 Å². The van der Waals surface area contributed by atoms with Crippen LogP contribution in [0.25, 0.3) is 0 Å². The summed E-state index contributed by atoms with van der Waals surface area (Å²) in [5, 5.41) is 33.8. The molecule has 4 N–H and O–H groups in total. The minimum atomic E-state index is -2.74. The molecule has 0 fully saturated rings. The molecule has 0 aromatic carbocycles. The maximum absolute atomic E-state index is 10.3. The molecule has 0 saturated carbocycles. The van der Waals surface area contributed by atoms with Gasteiger partial charge in [-0.3, -0.25) is 9.59 Å². The van der Waals surface area contributed by atoms with Crippen molar-refractivity contribution in [2.75, 3.05) is 0 Å². The van der Waals surface area contributed by atoms with Crippen molar-refractivity contribution in [1.82, 2.24) is 0 Å². The summed E-state index contributed by atoms with van der Waals surface area (Å²) >= 11 is 0. The summed E-state index contributed by atoms with van der Waals surface area (Å²) in [6, 6.07) is 0. The van der Waals surface area contributed by atoms with Crippen LogP contribution in [-0.4, -0.2) is 109 Å². The van der Waals surface area contributed by atoms with E-state index in [4.69, 9.17) is 20.4 Å². The first-order valence-corrected chi connectivity index (χ1v) is 3.17. The molecule has 0 aliphatic rings. The summed E-state index contributed by atoms with van der Waals surface area (Å²) in [6.45, 7) is 0. The number of carbonyl (C=O) groups is 3. The van der Waals surface area contributed by atoms with Gasteiger partial charge in [0.25, 0.3) is 0 Å². The van der Waals surface area contributed by atoms with E-state index in [-0.39, 0.29) is 65.0 Å². The van der Waals surface area contributed by atoms with Crippen LogP contribution in [0.5, 0.6) is 0 Å². The van der Waals surface area contributed by atoms with Crippen molar-refractivity contribution in [1.29, 1.82) is 0 Å². The Hall–Kier alpha value is 0.552. The molecule has 0 aromatic rings. The summed E-state index contributed by atoms with van der Waals surface area (Å²) in [5.74, 6) is -5.02. The zero-order valence-electron chi connectivity index (χ0n) is 7.13. The minimum absolute atomic E-state index is 0. The van der Waals surface area contributed by atoms with Crippen LogP contribution in [0.2, 0.25) is 0 Å². The molecule has 0 unspecified atom stereocenters. The molecule has 0 heterocycles. The van der Waals surface area contributed by atoms with E-state index in [1.54, 1.807) is 0 Å². The van der Waals surface area contributed by atoms with E-state index >= 15 is 0 Å². The monoisotopic (exact) mass is 444 g/mol. The Balaban J connectivity index is -0.000000720. The second-order valence-corrected chi connectivity index (χ2v) is 2.48. The fraction of sp³-hybridized carbons (Fsp3) is 0.500. The SMILES string of the molecule is O=C(O)CC(O)(CC(=O)O)C(=O)O.[CaH2].[PbH2]. The third kappa shape index (κ3) is 8.37. The molecular formula is C6H12CaO7Pb. The number of hydrogen-bond donors (Lipinski definition) is 4. The average molecular weight is 443 g/mol. The molecule has 0 atom stereocenters. The van der Waals surface area contributed by atoms with Crippen LogP contribution in [0.3, 0.4) is 0 Å². The van der Waals surface area contributed by atoms with Gasteiger partial charge in [-0.25, -0.2) is 4.79 Å². The molecule has 0 aliphatic carbocycles. The third-order valence-corrected chi connectivity index (χ3v) is 1.29. The molecule has 84 valence electrons. The van der Waals surface area contributed by atoms with E-state index in [9.17, 15) is 14.4 Å². The third-order valence-electron chi connectivity index (χ3n) is 1.29. The summed E-state index contributed by atoms with van der Waals surface area (Å²) in [5.41, 5.74) is -2.74. The van der Waals surface area contributed by atoms with Gasteiger partial charge in [0.15, 0.2) is 5.60 Å². The van der Waals surface area contributed by atoms with E-state index in [0.29, 0.717) is 0 Å². The number of carboxylic acid groups (broad SMARTS) is 3. The molecule has 0 aliphatic heterocycles. The zero-order valence-corrected chi connectivity index (χ0v) is 12.6. The Kier molecular flexibility index (Phi) is 12.1. The second kappa shape index (κ2) is 8.67. The Morgan fingerprint density at radius 1 is 0.933 bits per heavy atom. The number of aliphatic hydroxyl groups is 1. The quantitative estimate of drug-likeness (QED) is 0.332. The van der Waals surface area contributed by atoms with Gasteiger partial charge in [0.1, 0.15) is 0 Å². The van der Waals surface area contributed by atoms with Gasteiger partial charge in [-0.05, 0) is 0 Å². The van der Waals surface area contributed by atoms with Crippen LogP contribution in [-0.2, 0) is 14.4 Å². The Morgan fingerprint density at radius 2 is 1.20 bits per heavy atom. The molecule has 15 heavy (non-hydrogen) atoms. The predicted molar refractivity (Wildman–Crippen MR) is 54.2 cm³/mol. The molecule has 0 bridgehead atoms. The molecular weight excluding hydrogens is 431 g/mol. The summed E-state index contributed by atoms with van der Waals surface area (Å²) in [4.78, 5) is 30.5. The van der Waals surface area contributed by atoms with Crippen LogP contribution < -0.4 is 0 Å². The normalized spacial score (nSPS) is 9.40. The van der Waals surface area contributed by atoms with Crippen molar-refractivity contribution >= 4 is 82.9 Å². The molecule has 0 saturated heterocycles. The second-order valence-electron chi connectivity index (χ2n) is 2.48. The standard InChI is InChI=1S/C6H8O7.Ca.Pb.4H/c7-3(8)1-6(13,5(11)12)2-4(9)10;;;;;;/h13H,1-2H2,(H,7,8)(H,9,10)(H,11,12);;;;;;. The van der Waals surface area contributed by atoms with Crippen LogP contribution in [0.15, 0.2) is 0 Å². The molecule has 0 amide bonds. The van der Waals surface area contributed by atoms with Crippen molar-refractivity contribution in [2.45, 2.75) is 18.4 Å². The van der Waals surface area contributed by atoms with Crippen molar-refractivity contribution < 1.29 is 34.8 Å². The number of carboxylic acids is 3. The topological polar surface area (TPSA) is 132 Å². The molecule has 0 spiro atoms. The van der Waals surface area contributed by atoms with Crippen molar-refractivity contribution in [3.63, 3.8) is 0 Å². The Morgan fingerprint density at radius 3 is 1.33 bits per heavy atom. The fourth-order valence-electron chi connectivity index (χ4n) is 0.714. The number of aliphatic carboxylic acids is 3. The Labute approximate surface area is 135 Å². The van der Waals surface area contributed by atoms with E-state index in [1.807, 2.05) is 0 Å². The number of hydrogen-bond acceptors (Lipinski definition) is 4. The van der Waals surface area contributed by atoms with Crippen molar-refractivity contribution in [2.24, 2.45) is 0 Å². The van der Waals surface area contributed by atoms with Gasteiger partial charge >= 0.3 is 82.9 Å². The first-order valence-electron chi connectivity index (χ1n) is 3.17. The molecule has 0 aromatic heterocycles. The van der Waals surface area contributed by atoms with Gasteiger partial charge in [-0.1, -0.05) is 0 Å². The van der Waals surface area contributed by atoms with Crippen LogP contribution >= 0.6 is 0 Å². The van der Waals surface area contributed by atoms with Gasteiger partial charge in [-0.2, -0.15) is 0 Å². The van der Waals surface area contributed by atoms with Crippen molar-refractivity contribution in [3.05, 3.63) is 0 Å². The van der Waals surface area contributed by atoms with Gasteiger partial charge in [-0.15, -0.1) is 0 Å². The fourth-order valence-corrected chi connectivity index (χ4v) is 0.714. The van der Waals surface area contributed by atoms with E-state index in [1.165, 1.54) is 0 Å². The first-order chi connectivity index (χ1) is 5.78. The maximum atomic E-state index is 10.3. The molecule has 2 radical (unpaired) electrons. The summed E-state index contributed by atoms with van der Waals surface area (Å²) in [6.07, 6.45) is -2.29. The zero-order chi connectivity index (χ0) is 10.6. The van der Waals surface area contributed by atoms with E-state index < -0.39 is 36.4 Å². The van der Waals surface area contributed by atoms with Gasteiger partial charge in [0, 0.05) is 0 Å². The van der Waals surface area contributed by atoms with Crippen LogP contribution in [0.4, 0.5) is 0 Å². The van der Waals surface area contributed by atoms with Crippen LogP contribution in [0, 0.1) is 0 Å². The molecule has 9 heteroatoms. The van der Waals surface area contributed by atoms with Gasteiger partial charge in [0.05, 0.1) is 12.8 Å². The van der Waals surface area contributed by atoms with E-state index in [2.05, 4.69) is 0 Å². The summed E-state index contributed by atoms with van der Waals surface area (Å²) in [7, 11) is 0. The van der Waals surface area contributed by atoms with Crippen molar-refractivity contribution in [3.8, 4) is 0 Å². The molecule has 7 nitrogen and oxygen atoms in total. The number of rotatable bonds is 5. The van der Waals surface area contributed by atoms with Gasteiger partial charge in [0.2, 0.25) is 0 Å². The first kappa shape index (κ1) is 20.9. The summed E-state index contributed by atoms with van der Waals surface area (Å²) < 4.78 is 0. The van der Waals surface area contributed by atoms with Gasteiger partial charge < -0.3 is 20.4 Å².